The summed E-state index contributed by atoms with van der Waals surface area (Å²) < 4.78 is 55.8. The van der Waals surface area contributed by atoms with Crippen molar-refractivity contribution >= 4 is 27.3 Å². The fourth-order valence-corrected chi connectivity index (χ4v) is 5.09. The second-order valence-electron chi connectivity index (χ2n) is 8.31. The lowest BCUT2D eigenvalue weighted by atomic mass is 10.2. The standard InChI is InChI=1S/C27H32N2O8S/c1-18(2)37-21-9-7-8-19(14-21)28-27(30)17-29(23-15-20(33-3)10-12-24(23)34-4)38(31,32)22-11-13-25(35-5)26(16-22)36-6/h7-16,18H,17H2,1-6H3,(H,28,30). The molecule has 0 spiro atoms. The lowest BCUT2D eigenvalue weighted by molar-refractivity contribution is -0.114. The molecule has 204 valence electrons. The van der Waals surface area contributed by atoms with Crippen LogP contribution in [0.1, 0.15) is 13.8 Å². The van der Waals surface area contributed by atoms with Gasteiger partial charge in [0, 0.05) is 23.9 Å². The summed E-state index contributed by atoms with van der Waals surface area (Å²) in [4.78, 5) is 13.1. The number of ether oxygens (including phenoxy) is 5. The van der Waals surface area contributed by atoms with Crippen LogP contribution in [0.25, 0.3) is 0 Å². The molecule has 3 aromatic rings. The molecule has 38 heavy (non-hydrogen) atoms. The molecule has 10 nitrogen and oxygen atoms in total. The highest BCUT2D eigenvalue weighted by atomic mass is 32.2. The first kappa shape index (κ1) is 28.5. The number of sulfonamides is 1. The summed E-state index contributed by atoms with van der Waals surface area (Å²) in [7, 11) is 1.42. The number of carbonyl (C=O) groups excluding carboxylic acids is 1. The largest absolute Gasteiger partial charge is 0.497 e. The molecule has 0 fully saturated rings. The van der Waals surface area contributed by atoms with Crippen molar-refractivity contribution in [2.45, 2.75) is 24.8 Å². The van der Waals surface area contributed by atoms with Crippen molar-refractivity contribution < 1.29 is 36.9 Å². The molecule has 0 bridgehead atoms. The smallest absolute Gasteiger partial charge is 0.265 e. The molecule has 1 amide bonds. The average molecular weight is 545 g/mol. The molecule has 0 atom stereocenters. The van der Waals surface area contributed by atoms with Crippen molar-refractivity contribution in [3.05, 3.63) is 60.7 Å². The normalized spacial score (nSPS) is 11.0. The Labute approximate surface area is 223 Å². The Bertz CT molecular complexity index is 1380. The molecule has 1 N–H and O–H groups in total. The van der Waals surface area contributed by atoms with E-state index in [1.165, 1.54) is 52.7 Å². The van der Waals surface area contributed by atoms with Crippen LogP contribution < -0.4 is 33.3 Å². The van der Waals surface area contributed by atoms with Crippen molar-refractivity contribution in [1.82, 2.24) is 0 Å². The molecule has 0 aliphatic rings. The van der Waals surface area contributed by atoms with Gasteiger partial charge in [0.25, 0.3) is 10.0 Å². The molecule has 0 radical (unpaired) electrons. The first-order valence-electron chi connectivity index (χ1n) is 11.7. The average Bonchev–Trinajstić information content (AvgIpc) is 2.90. The quantitative estimate of drug-likeness (QED) is 0.358. The maximum Gasteiger partial charge on any atom is 0.265 e. The van der Waals surface area contributed by atoms with E-state index in [0.29, 0.717) is 22.9 Å². The number of nitrogens with zero attached hydrogens (tertiary/aromatic N) is 1. The van der Waals surface area contributed by atoms with Crippen LogP contribution >= 0.6 is 0 Å². The highest BCUT2D eigenvalue weighted by Gasteiger charge is 2.31. The zero-order chi connectivity index (χ0) is 27.9. The predicted molar refractivity (Wildman–Crippen MR) is 144 cm³/mol. The summed E-state index contributed by atoms with van der Waals surface area (Å²) >= 11 is 0. The Morgan fingerprint density at radius 1 is 0.816 bits per heavy atom. The molecular formula is C27H32N2O8S. The van der Waals surface area contributed by atoms with Crippen LogP contribution in [0.15, 0.2) is 65.6 Å². The molecule has 3 aromatic carbocycles. The first-order chi connectivity index (χ1) is 18.1. The van der Waals surface area contributed by atoms with Gasteiger partial charge in [-0.1, -0.05) is 6.07 Å². The Kier molecular flexibility index (Phi) is 9.30. The van der Waals surface area contributed by atoms with Gasteiger partial charge in [-0.3, -0.25) is 9.10 Å². The van der Waals surface area contributed by atoms with E-state index in [-0.39, 0.29) is 28.2 Å². The minimum absolute atomic E-state index is 0.0522. The van der Waals surface area contributed by atoms with Crippen molar-refractivity contribution in [3.63, 3.8) is 0 Å². The highest BCUT2D eigenvalue weighted by Crippen LogP contribution is 2.37. The maximum atomic E-state index is 14.0. The fraction of sp³-hybridized carbons (Fsp3) is 0.296. The number of methoxy groups -OCH3 is 4. The molecule has 0 saturated heterocycles. The minimum atomic E-state index is -4.30. The maximum absolute atomic E-state index is 14.0. The van der Waals surface area contributed by atoms with Gasteiger partial charge in [-0.25, -0.2) is 8.42 Å². The summed E-state index contributed by atoms with van der Waals surface area (Å²) in [5.41, 5.74) is 0.572. The van der Waals surface area contributed by atoms with Crippen LogP contribution in [0, 0.1) is 0 Å². The van der Waals surface area contributed by atoms with Gasteiger partial charge in [0.1, 0.15) is 23.8 Å². The van der Waals surface area contributed by atoms with Crippen LogP contribution in [-0.2, 0) is 14.8 Å². The third kappa shape index (κ3) is 6.60. The molecule has 0 saturated carbocycles. The first-order valence-corrected chi connectivity index (χ1v) is 13.1. The predicted octanol–water partition coefficient (Wildman–Crippen LogP) is 4.34. The van der Waals surface area contributed by atoms with Crippen LogP contribution in [0.2, 0.25) is 0 Å². The van der Waals surface area contributed by atoms with E-state index in [9.17, 15) is 13.2 Å². The second-order valence-corrected chi connectivity index (χ2v) is 10.2. The SMILES string of the molecule is COc1ccc(OC)c(N(CC(=O)Nc2cccc(OC(C)C)c2)S(=O)(=O)c2ccc(OC)c(OC)c2)c1. The van der Waals surface area contributed by atoms with E-state index in [1.54, 1.807) is 36.4 Å². The van der Waals surface area contributed by atoms with Crippen molar-refractivity contribution in [3.8, 4) is 28.7 Å². The van der Waals surface area contributed by atoms with Crippen LogP contribution in [-0.4, -0.2) is 55.4 Å². The number of anilines is 2. The van der Waals surface area contributed by atoms with Gasteiger partial charge in [0.05, 0.1) is 45.1 Å². The number of rotatable bonds is 12. The van der Waals surface area contributed by atoms with E-state index in [0.717, 1.165) is 4.31 Å². The summed E-state index contributed by atoms with van der Waals surface area (Å²) in [6.45, 7) is 3.23. The van der Waals surface area contributed by atoms with Gasteiger partial charge in [-0.2, -0.15) is 0 Å². The van der Waals surface area contributed by atoms with Gasteiger partial charge in [-0.15, -0.1) is 0 Å². The second kappa shape index (κ2) is 12.4. The van der Waals surface area contributed by atoms with E-state index in [2.05, 4.69) is 5.32 Å². The van der Waals surface area contributed by atoms with E-state index in [1.807, 2.05) is 13.8 Å². The number of carbonyl (C=O) groups is 1. The van der Waals surface area contributed by atoms with Gasteiger partial charge < -0.3 is 29.0 Å². The van der Waals surface area contributed by atoms with Crippen molar-refractivity contribution in [2.75, 3.05) is 44.6 Å². The molecule has 11 heteroatoms. The third-order valence-electron chi connectivity index (χ3n) is 5.37. The molecule has 0 aromatic heterocycles. The van der Waals surface area contributed by atoms with Crippen LogP contribution in [0.4, 0.5) is 11.4 Å². The van der Waals surface area contributed by atoms with Crippen LogP contribution in [0.3, 0.4) is 0 Å². The van der Waals surface area contributed by atoms with Gasteiger partial charge in [0.15, 0.2) is 11.5 Å². The molecular weight excluding hydrogens is 512 g/mol. The fourth-order valence-electron chi connectivity index (χ4n) is 3.65. The monoisotopic (exact) mass is 544 g/mol. The van der Waals surface area contributed by atoms with Crippen LogP contribution in [0.5, 0.6) is 28.7 Å². The zero-order valence-electron chi connectivity index (χ0n) is 22.2. The van der Waals surface area contributed by atoms with E-state index in [4.69, 9.17) is 23.7 Å². The number of hydrogen-bond donors (Lipinski definition) is 1. The molecule has 0 heterocycles. The van der Waals surface area contributed by atoms with E-state index >= 15 is 0 Å². The highest BCUT2D eigenvalue weighted by molar-refractivity contribution is 7.92. The number of amides is 1. The molecule has 0 unspecified atom stereocenters. The lowest BCUT2D eigenvalue weighted by Gasteiger charge is -2.26. The van der Waals surface area contributed by atoms with Crippen molar-refractivity contribution in [1.29, 1.82) is 0 Å². The summed E-state index contributed by atoms with van der Waals surface area (Å²) in [5, 5.41) is 2.74. The van der Waals surface area contributed by atoms with Gasteiger partial charge in [0.2, 0.25) is 5.91 Å². The molecule has 0 aliphatic heterocycles. The Morgan fingerprint density at radius 3 is 2.13 bits per heavy atom. The zero-order valence-corrected chi connectivity index (χ0v) is 23.0. The Hall–Kier alpha value is -4.12. The number of benzene rings is 3. The summed E-state index contributed by atoms with van der Waals surface area (Å²) in [6.07, 6.45) is -0.0522. The number of nitrogens with one attached hydrogen (secondary N) is 1. The minimum Gasteiger partial charge on any atom is -0.497 e. The van der Waals surface area contributed by atoms with Gasteiger partial charge in [-0.05, 0) is 50.2 Å². The van der Waals surface area contributed by atoms with Crippen molar-refractivity contribution in [2.24, 2.45) is 0 Å². The Balaban J connectivity index is 2.05. The summed E-state index contributed by atoms with van der Waals surface area (Å²) in [6, 6.07) is 15.7. The lowest BCUT2D eigenvalue weighted by Crippen LogP contribution is -2.38. The summed E-state index contributed by atoms with van der Waals surface area (Å²) in [5.74, 6) is 1.18. The topological polar surface area (TPSA) is 113 Å². The Morgan fingerprint density at radius 2 is 1.50 bits per heavy atom. The molecule has 0 aliphatic carbocycles. The number of hydrogen-bond acceptors (Lipinski definition) is 8. The third-order valence-corrected chi connectivity index (χ3v) is 7.13. The molecule has 3 rings (SSSR count). The van der Waals surface area contributed by atoms with Gasteiger partial charge >= 0.3 is 0 Å². The van der Waals surface area contributed by atoms with E-state index < -0.39 is 22.5 Å².